The molecule has 6 rings (SSSR count). The standard InChI is InChI=1S/C35H36F3NO4S/c1-33-21-30(23-6-9-25(10-7-23)39(2)3)32-28-15-11-26(40)20-24(28)8-14-29(32)31(33)17-19-34(33,41)18-16-22-4-12-27(13-5-22)44(42,43)35(36,37)38/h4-7,9-10,12-13,20,29-31,41H,8,11,14-15,17,19,21H2,1-3H3/t29-,30+,31-,33-,34-/m0/s1. The summed E-state index contributed by atoms with van der Waals surface area (Å²) in [6, 6.07) is 12.9. The first-order chi connectivity index (χ1) is 20.6. The number of benzene rings is 2. The van der Waals surface area contributed by atoms with Gasteiger partial charge in [-0.2, -0.15) is 13.2 Å². The minimum Gasteiger partial charge on any atom is -0.378 e. The molecule has 0 aromatic heterocycles. The van der Waals surface area contributed by atoms with E-state index in [0.29, 0.717) is 24.8 Å². The summed E-state index contributed by atoms with van der Waals surface area (Å²) in [5, 5.41) is 12.2. The number of aliphatic hydroxyl groups is 1. The third kappa shape index (κ3) is 4.91. The zero-order valence-electron chi connectivity index (χ0n) is 25.0. The zero-order valence-corrected chi connectivity index (χ0v) is 25.9. The highest BCUT2D eigenvalue weighted by Gasteiger charge is 2.62. The minimum atomic E-state index is -5.45. The Morgan fingerprint density at radius 3 is 2.30 bits per heavy atom. The van der Waals surface area contributed by atoms with Gasteiger partial charge in [0, 0.05) is 43.1 Å². The van der Waals surface area contributed by atoms with Crippen molar-refractivity contribution in [1.29, 1.82) is 0 Å². The van der Waals surface area contributed by atoms with Crippen molar-refractivity contribution in [2.75, 3.05) is 19.0 Å². The molecule has 4 aliphatic carbocycles. The summed E-state index contributed by atoms with van der Waals surface area (Å²) < 4.78 is 62.5. The molecule has 9 heteroatoms. The van der Waals surface area contributed by atoms with Crippen LogP contribution in [0.25, 0.3) is 0 Å². The molecule has 2 fully saturated rings. The van der Waals surface area contributed by atoms with Crippen LogP contribution in [0.1, 0.15) is 68.9 Å². The SMILES string of the molecule is CN(C)c1ccc([C@H]2C[C@@]3(C)[C@@H](CC[C@@]3(O)C#Cc3ccc(S(=O)(=O)C(F)(F)F)cc3)[C@@H]3CCC4=CC(=O)CCC4=C32)cc1. The third-order valence-corrected chi connectivity index (χ3v) is 12.1. The second-order valence-electron chi connectivity index (χ2n) is 13.1. The van der Waals surface area contributed by atoms with Gasteiger partial charge in [0.2, 0.25) is 0 Å². The van der Waals surface area contributed by atoms with Gasteiger partial charge >= 0.3 is 5.51 Å². The van der Waals surface area contributed by atoms with Crippen molar-refractivity contribution in [1.82, 2.24) is 0 Å². The van der Waals surface area contributed by atoms with Crippen LogP contribution < -0.4 is 4.90 Å². The molecule has 5 atom stereocenters. The number of fused-ring (bicyclic) bond motifs is 4. The highest BCUT2D eigenvalue weighted by atomic mass is 32.2. The first kappa shape index (κ1) is 30.7. The number of halogens is 3. The maximum Gasteiger partial charge on any atom is 0.501 e. The second-order valence-corrected chi connectivity index (χ2v) is 15.0. The topological polar surface area (TPSA) is 74.7 Å². The summed E-state index contributed by atoms with van der Waals surface area (Å²) >= 11 is 0. The largest absolute Gasteiger partial charge is 0.501 e. The maximum atomic E-state index is 13.0. The predicted molar refractivity (Wildman–Crippen MR) is 163 cm³/mol. The molecule has 0 unspecified atom stereocenters. The number of anilines is 1. The Balaban J connectivity index is 1.39. The van der Waals surface area contributed by atoms with Crippen molar-refractivity contribution < 1.29 is 31.5 Å². The number of alkyl halides is 3. The summed E-state index contributed by atoms with van der Waals surface area (Å²) in [5.74, 6) is 6.73. The summed E-state index contributed by atoms with van der Waals surface area (Å²) in [4.78, 5) is 13.5. The van der Waals surface area contributed by atoms with E-state index in [9.17, 15) is 31.5 Å². The summed E-state index contributed by atoms with van der Waals surface area (Å²) in [6.07, 6.45) is 6.77. The molecule has 4 aliphatic rings. The molecule has 0 heterocycles. The average Bonchev–Trinajstić information content (AvgIpc) is 3.25. The number of nitrogens with zero attached hydrogens (tertiary/aromatic N) is 1. The molecular weight excluding hydrogens is 587 g/mol. The Morgan fingerprint density at radius 1 is 0.977 bits per heavy atom. The van der Waals surface area contributed by atoms with Crippen molar-refractivity contribution >= 4 is 21.3 Å². The lowest BCUT2D eigenvalue weighted by Gasteiger charge is -2.53. The molecule has 0 spiro atoms. The van der Waals surface area contributed by atoms with Gasteiger partial charge in [-0.3, -0.25) is 4.79 Å². The Labute approximate surface area is 256 Å². The summed E-state index contributed by atoms with van der Waals surface area (Å²) in [5.41, 5.74) is -0.804. The van der Waals surface area contributed by atoms with Gasteiger partial charge < -0.3 is 10.0 Å². The number of allylic oxidation sites excluding steroid dienone is 4. The lowest BCUT2D eigenvalue weighted by atomic mass is 9.51. The number of hydrogen-bond donors (Lipinski definition) is 1. The zero-order chi connectivity index (χ0) is 31.7. The van der Waals surface area contributed by atoms with Crippen LogP contribution >= 0.6 is 0 Å². The average molecular weight is 624 g/mol. The van der Waals surface area contributed by atoms with Crippen molar-refractivity contribution in [3.05, 3.63) is 82.5 Å². The van der Waals surface area contributed by atoms with Crippen LogP contribution in [0, 0.1) is 29.1 Å². The fraction of sp³-hybridized carbons (Fsp3) is 0.457. The number of ketones is 1. The van der Waals surface area contributed by atoms with Crippen molar-refractivity contribution in [3.8, 4) is 11.8 Å². The summed E-state index contributed by atoms with van der Waals surface area (Å²) in [7, 11) is -1.45. The molecule has 0 radical (unpaired) electrons. The van der Waals surface area contributed by atoms with Crippen molar-refractivity contribution in [3.63, 3.8) is 0 Å². The van der Waals surface area contributed by atoms with Gasteiger partial charge in [-0.15, -0.1) is 0 Å². The van der Waals surface area contributed by atoms with E-state index in [4.69, 9.17) is 0 Å². The molecule has 0 amide bonds. The smallest absolute Gasteiger partial charge is 0.378 e. The van der Waals surface area contributed by atoms with E-state index in [1.54, 1.807) is 0 Å². The van der Waals surface area contributed by atoms with E-state index in [1.807, 2.05) is 20.2 Å². The number of carbonyl (C=O) groups is 1. The predicted octanol–water partition coefficient (Wildman–Crippen LogP) is 6.73. The summed E-state index contributed by atoms with van der Waals surface area (Å²) in [6.45, 7) is 2.12. The fourth-order valence-corrected chi connectivity index (χ4v) is 8.96. The molecule has 0 bridgehead atoms. The molecular formula is C35H36F3NO4S. The first-order valence-corrected chi connectivity index (χ1v) is 16.5. The Morgan fingerprint density at radius 2 is 1.66 bits per heavy atom. The first-order valence-electron chi connectivity index (χ1n) is 15.1. The molecule has 44 heavy (non-hydrogen) atoms. The normalized spacial score (nSPS) is 30.0. The minimum absolute atomic E-state index is 0.0441. The van der Waals surface area contributed by atoms with Gasteiger partial charge in [0.25, 0.3) is 9.84 Å². The monoisotopic (exact) mass is 623 g/mol. The maximum absolute atomic E-state index is 13.0. The van der Waals surface area contributed by atoms with Crippen LogP contribution in [-0.4, -0.2) is 44.5 Å². The molecule has 0 aliphatic heterocycles. The Kier molecular flexibility index (Phi) is 7.41. The number of hydrogen-bond acceptors (Lipinski definition) is 5. The van der Waals surface area contributed by atoms with Crippen LogP contribution in [0.3, 0.4) is 0 Å². The Hall–Kier alpha value is -3.35. The molecule has 1 N–H and O–H groups in total. The van der Waals surface area contributed by atoms with Crippen LogP contribution in [0.2, 0.25) is 0 Å². The van der Waals surface area contributed by atoms with E-state index in [-0.39, 0.29) is 23.5 Å². The van der Waals surface area contributed by atoms with Gasteiger partial charge in [-0.1, -0.05) is 36.5 Å². The van der Waals surface area contributed by atoms with Crippen LogP contribution in [0.5, 0.6) is 0 Å². The van der Waals surface area contributed by atoms with Crippen molar-refractivity contribution in [2.45, 2.75) is 73.8 Å². The van der Waals surface area contributed by atoms with E-state index in [2.05, 4.69) is 47.9 Å². The Bertz CT molecular complexity index is 1730. The van der Waals surface area contributed by atoms with Gasteiger partial charge in [0.1, 0.15) is 5.60 Å². The van der Waals surface area contributed by atoms with E-state index >= 15 is 0 Å². The van der Waals surface area contributed by atoms with E-state index in [0.717, 1.165) is 49.1 Å². The highest BCUT2D eigenvalue weighted by Crippen LogP contribution is 2.66. The van der Waals surface area contributed by atoms with Gasteiger partial charge in [0.15, 0.2) is 5.78 Å². The number of carbonyl (C=O) groups excluding carboxylic acids is 1. The highest BCUT2D eigenvalue weighted by molar-refractivity contribution is 7.92. The van der Waals surface area contributed by atoms with Crippen LogP contribution in [0.4, 0.5) is 18.9 Å². The molecule has 0 saturated heterocycles. The molecule has 5 nitrogen and oxygen atoms in total. The lowest BCUT2D eigenvalue weighted by molar-refractivity contribution is -0.114. The van der Waals surface area contributed by atoms with E-state index < -0.39 is 31.3 Å². The van der Waals surface area contributed by atoms with Gasteiger partial charge in [0.05, 0.1) is 4.90 Å². The lowest BCUT2D eigenvalue weighted by Crippen LogP contribution is -2.51. The quantitative estimate of drug-likeness (QED) is 0.384. The van der Waals surface area contributed by atoms with Gasteiger partial charge in [-0.25, -0.2) is 8.42 Å². The molecule has 2 aromatic carbocycles. The van der Waals surface area contributed by atoms with Crippen LogP contribution in [-0.2, 0) is 14.6 Å². The third-order valence-electron chi connectivity index (χ3n) is 10.6. The van der Waals surface area contributed by atoms with Gasteiger partial charge in [-0.05, 0) is 110 Å². The molecule has 2 aromatic rings. The number of rotatable bonds is 3. The second kappa shape index (κ2) is 10.6. The molecule has 232 valence electrons. The van der Waals surface area contributed by atoms with Crippen molar-refractivity contribution in [2.24, 2.45) is 17.3 Å². The van der Waals surface area contributed by atoms with E-state index in [1.165, 1.54) is 28.8 Å². The fourth-order valence-electron chi connectivity index (χ4n) is 8.20. The number of sulfone groups is 1. The molecule has 2 saturated carbocycles. The van der Waals surface area contributed by atoms with Crippen LogP contribution in [0.15, 0.2) is 76.2 Å².